The van der Waals surface area contributed by atoms with Crippen LogP contribution in [0.15, 0.2) is 47.4 Å². The standard InChI is InChI=1S/C20H21Cl2FN2O3S/c1-13(18-7-2-15(21)12-19(18)22)24-20(26)14-8-10-25(11-9-14)29(27,28)17-5-3-16(23)4-6-17/h2-7,12-14H,8-11H2,1H3,(H,24,26). The number of sulfonamides is 1. The summed E-state index contributed by atoms with van der Waals surface area (Å²) in [5.74, 6) is -0.917. The molecule has 1 atom stereocenters. The van der Waals surface area contributed by atoms with Gasteiger partial charge in [0.2, 0.25) is 15.9 Å². The van der Waals surface area contributed by atoms with E-state index in [1.807, 2.05) is 6.92 Å². The first-order valence-corrected chi connectivity index (χ1v) is 11.4. The van der Waals surface area contributed by atoms with E-state index in [1.165, 1.54) is 16.4 Å². The van der Waals surface area contributed by atoms with Crippen LogP contribution in [0.25, 0.3) is 0 Å². The maximum absolute atomic E-state index is 13.1. The van der Waals surface area contributed by atoms with Gasteiger partial charge >= 0.3 is 0 Å². The number of carbonyl (C=O) groups is 1. The fourth-order valence-corrected chi connectivity index (χ4v) is 5.42. The number of carbonyl (C=O) groups excluding carboxylic acids is 1. The van der Waals surface area contributed by atoms with Crippen LogP contribution in [0.3, 0.4) is 0 Å². The number of hydrogen-bond donors (Lipinski definition) is 1. The van der Waals surface area contributed by atoms with Gasteiger partial charge in [-0.3, -0.25) is 4.79 Å². The Bertz CT molecular complexity index is 991. The van der Waals surface area contributed by atoms with E-state index in [2.05, 4.69) is 5.32 Å². The first kappa shape index (κ1) is 22.0. The number of hydrogen-bond acceptors (Lipinski definition) is 3. The quantitative estimate of drug-likeness (QED) is 0.721. The summed E-state index contributed by atoms with van der Waals surface area (Å²) in [7, 11) is -3.70. The zero-order valence-corrected chi connectivity index (χ0v) is 18.1. The highest BCUT2D eigenvalue weighted by atomic mass is 35.5. The van der Waals surface area contributed by atoms with Gasteiger partial charge in [0.15, 0.2) is 0 Å². The number of rotatable bonds is 5. The molecule has 2 aromatic rings. The van der Waals surface area contributed by atoms with Crippen LogP contribution in [-0.4, -0.2) is 31.7 Å². The summed E-state index contributed by atoms with van der Waals surface area (Å²) in [5.41, 5.74) is 0.765. The molecule has 1 saturated heterocycles. The summed E-state index contributed by atoms with van der Waals surface area (Å²) in [6.07, 6.45) is 0.820. The molecule has 29 heavy (non-hydrogen) atoms. The van der Waals surface area contributed by atoms with Crippen LogP contribution in [0, 0.1) is 11.7 Å². The lowest BCUT2D eigenvalue weighted by molar-refractivity contribution is -0.126. The lowest BCUT2D eigenvalue weighted by atomic mass is 9.96. The monoisotopic (exact) mass is 458 g/mol. The van der Waals surface area contributed by atoms with Gasteiger partial charge in [0.25, 0.3) is 0 Å². The first-order chi connectivity index (χ1) is 13.7. The van der Waals surface area contributed by atoms with E-state index >= 15 is 0 Å². The highest BCUT2D eigenvalue weighted by molar-refractivity contribution is 7.89. The average Bonchev–Trinajstić information content (AvgIpc) is 2.68. The van der Waals surface area contributed by atoms with E-state index in [0.717, 1.165) is 17.7 Å². The Balaban J connectivity index is 1.60. The van der Waals surface area contributed by atoms with Crippen molar-refractivity contribution in [1.82, 2.24) is 9.62 Å². The van der Waals surface area contributed by atoms with Crippen LogP contribution in [0.5, 0.6) is 0 Å². The van der Waals surface area contributed by atoms with Gasteiger partial charge in [-0.2, -0.15) is 4.31 Å². The van der Waals surface area contributed by atoms with E-state index in [1.54, 1.807) is 18.2 Å². The third-order valence-electron chi connectivity index (χ3n) is 5.06. The van der Waals surface area contributed by atoms with Crippen molar-refractivity contribution in [3.63, 3.8) is 0 Å². The molecule has 3 rings (SSSR count). The van der Waals surface area contributed by atoms with Gasteiger partial charge in [-0.15, -0.1) is 0 Å². The minimum atomic E-state index is -3.70. The fourth-order valence-electron chi connectivity index (χ4n) is 3.38. The Morgan fingerprint density at radius 2 is 1.76 bits per heavy atom. The smallest absolute Gasteiger partial charge is 0.243 e. The summed E-state index contributed by atoms with van der Waals surface area (Å²) in [5, 5.41) is 3.94. The van der Waals surface area contributed by atoms with Crippen molar-refractivity contribution >= 4 is 39.1 Å². The Labute approximate surface area is 179 Å². The molecular formula is C20H21Cl2FN2O3S. The number of nitrogens with zero attached hydrogens (tertiary/aromatic N) is 1. The predicted octanol–water partition coefficient (Wildman–Crippen LogP) is 4.41. The van der Waals surface area contributed by atoms with E-state index in [9.17, 15) is 17.6 Å². The van der Waals surface area contributed by atoms with Crippen molar-refractivity contribution in [2.24, 2.45) is 5.92 Å². The zero-order chi connectivity index (χ0) is 21.2. The highest BCUT2D eigenvalue weighted by Crippen LogP contribution is 2.28. The normalized spacial score (nSPS) is 17.1. The van der Waals surface area contributed by atoms with Crippen LogP contribution < -0.4 is 5.32 Å². The summed E-state index contributed by atoms with van der Waals surface area (Å²) in [6.45, 7) is 2.29. The molecule has 1 amide bonds. The fraction of sp³-hybridized carbons (Fsp3) is 0.350. The number of halogens is 3. The summed E-state index contributed by atoms with van der Waals surface area (Å²) in [4.78, 5) is 12.7. The molecule has 9 heteroatoms. The second kappa shape index (κ2) is 9.00. The maximum atomic E-state index is 13.1. The van der Waals surface area contributed by atoms with Crippen LogP contribution >= 0.6 is 23.2 Å². The van der Waals surface area contributed by atoms with Crippen molar-refractivity contribution in [3.05, 3.63) is 63.9 Å². The molecule has 156 valence electrons. The van der Waals surface area contributed by atoms with Gasteiger partial charge < -0.3 is 5.32 Å². The molecule has 0 aliphatic carbocycles. The molecule has 1 aliphatic rings. The van der Waals surface area contributed by atoms with Crippen molar-refractivity contribution in [2.45, 2.75) is 30.7 Å². The SMILES string of the molecule is CC(NC(=O)C1CCN(S(=O)(=O)c2ccc(F)cc2)CC1)c1ccc(Cl)cc1Cl. The first-order valence-electron chi connectivity index (χ1n) is 9.19. The Kier molecular flexibility index (Phi) is 6.83. The summed E-state index contributed by atoms with van der Waals surface area (Å²) in [6, 6.07) is 9.56. The van der Waals surface area contributed by atoms with E-state index in [0.29, 0.717) is 22.9 Å². The zero-order valence-electron chi connectivity index (χ0n) is 15.7. The van der Waals surface area contributed by atoms with E-state index in [-0.39, 0.29) is 35.9 Å². The molecule has 1 unspecified atom stereocenters. The van der Waals surface area contributed by atoms with Gasteiger partial charge in [-0.25, -0.2) is 12.8 Å². The Hall–Kier alpha value is -1.67. The lowest BCUT2D eigenvalue weighted by Gasteiger charge is -2.31. The molecule has 1 heterocycles. The van der Waals surface area contributed by atoms with Gasteiger partial charge in [0.05, 0.1) is 10.9 Å². The second-order valence-corrected chi connectivity index (χ2v) is 9.81. The van der Waals surface area contributed by atoms with Crippen molar-refractivity contribution < 1.29 is 17.6 Å². The van der Waals surface area contributed by atoms with Gasteiger partial charge in [0.1, 0.15) is 5.82 Å². The summed E-state index contributed by atoms with van der Waals surface area (Å²) >= 11 is 12.1. The largest absolute Gasteiger partial charge is 0.349 e. The van der Waals surface area contributed by atoms with Crippen LogP contribution in [0.2, 0.25) is 10.0 Å². The highest BCUT2D eigenvalue weighted by Gasteiger charge is 2.32. The van der Waals surface area contributed by atoms with Gasteiger partial charge in [-0.1, -0.05) is 29.3 Å². The molecule has 1 fully saturated rings. The molecule has 0 bridgehead atoms. The van der Waals surface area contributed by atoms with Crippen LogP contribution in [-0.2, 0) is 14.8 Å². The Morgan fingerprint density at radius 1 is 1.14 bits per heavy atom. The van der Waals surface area contributed by atoms with Crippen LogP contribution in [0.1, 0.15) is 31.4 Å². The second-order valence-electron chi connectivity index (χ2n) is 7.03. The number of benzene rings is 2. The average molecular weight is 459 g/mol. The topological polar surface area (TPSA) is 66.5 Å². The van der Waals surface area contributed by atoms with E-state index < -0.39 is 15.8 Å². The number of nitrogens with one attached hydrogen (secondary N) is 1. The molecule has 0 saturated carbocycles. The van der Waals surface area contributed by atoms with Crippen molar-refractivity contribution in [3.8, 4) is 0 Å². The van der Waals surface area contributed by atoms with E-state index in [4.69, 9.17) is 23.2 Å². The molecule has 0 radical (unpaired) electrons. The predicted molar refractivity (Wildman–Crippen MR) is 111 cm³/mol. The molecule has 0 aromatic heterocycles. The third kappa shape index (κ3) is 5.09. The molecule has 2 aromatic carbocycles. The molecule has 0 spiro atoms. The number of piperidine rings is 1. The summed E-state index contributed by atoms with van der Waals surface area (Å²) < 4.78 is 39.8. The third-order valence-corrected chi connectivity index (χ3v) is 7.54. The van der Waals surface area contributed by atoms with Crippen molar-refractivity contribution in [2.75, 3.05) is 13.1 Å². The van der Waals surface area contributed by atoms with Gasteiger partial charge in [-0.05, 0) is 61.7 Å². The minimum absolute atomic E-state index is 0.0489. The van der Waals surface area contributed by atoms with Crippen molar-refractivity contribution in [1.29, 1.82) is 0 Å². The molecule has 5 nitrogen and oxygen atoms in total. The molecular weight excluding hydrogens is 438 g/mol. The van der Waals surface area contributed by atoms with Crippen LogP contribution in [0.4, 0.5) is 4.39 Å². The number of amides is 1. The molecule has 1 aliphatic heterocycles. The minimum Gasteiger partial charge on any atom is -0.349 e. The Morgan fingerprint density at radius 3 is 2.34 bits per heavy atom. The molecule has 1 N–H and O–H groups in total. The maximum Gasteiger partial charge on any atom is 0.243 e. The van der Waals surface area contributed by atoms with Gasteiger partial charge in [0, 0.05) is 29.1 Å². The lowest BCUT2D eigenvalue weighted by Crippen LogP contribution is -2.43.